The number of nitrogens with zero attached hydrogens (tertiary/aromatic N) is 4. The van der Waals surface area contributed by atoms with Crippen molar-refractivity contribution in [2.75, 3.05) is 9.80 Å². The zero-order valence-corrected chi connectivity index (χ0v) is 33.8. The van der Waals surface area contributed by atoms with Crippen LogP contribution in [-0.2, 0) is 5.41 Å². The summed E-state index contributed by atoms with van der Waals surface area (Å²) in [6.45, 7) is 2.41. The molecule has 3 heterocycles. The zero-order valence-electron chi connectivity index (χ0n) is 33.8. The minimum absolute atomic E-state index is 0.107. The van der Waals surface area contributed by atoms with Gasteiger partial charge in [0.1, 0.15) is 0 Å². The summed E-state index contributed by atoms with van der Waals surface area (Å²) in [4.78, 5) is 15.2. The predicted molar refractivity (Wildman–Crippen MR) is 251 cm³/mol. The van der Waals surface area contributed by atoms with Crippen LogP contribution in [0.25, 0.3) is 45.6 Å². The quantitative estimate of drug-likeness (QED) is 0.168. The Balaban J connectivity index is 0.904. The Kier molecular flexibility index (Phi) is 8.14. The first-order valence-corrected chi connectivity index (χ1v) is 21.3. The monoisotopic (exact) mass is 782 g/mol. The highest BCUT2D eigenvalue weighted by atomic mass is 15.2. The van der Waals surface area contributed by atoms with Gasteiger partial charge in [0.05, 0.1) is 23.5 Å². The molecule has 0 saturated carbocycles. The second-order valence-corrected chi connectivity index (χ2v) is 16.7. The van der Waals surface area contributed by atoms with Gasteiger partial charge in [0.15, 0.2) is 5.82 Å². The first-order valence-electron chi connectivity index (χ1n) is 21.3. The Labute approximate surface area is 357 Å². The molecule has 2 aliphatic heterocycles. The van der Waals surface area contributed by atoms with E-state index in [9.17, 15) is 0 Å². The summed E-state index contributed by atoms with van der Waals surface area (Å²) in [5.41, 5.74) is 17.5. The van der Waals surface area contributed by atoms with E-state index in [1.807, 2.05) is 24.3 Å². The number of allylic oxidation sites excluding steroid dienone is 2. The average molecular weight is 783 g/mol. The highest BCUT2D eigenvalue weighted by Gasteiger charge is 2.47. The number of anilines is 4. The highest BCUT2D eigenvalue weighted by molar-refractivity contribution is 5.87. The first-order chi connectivity index (χ1) is 30.1. The topological polar surface area (TPSA) is 32.3 Å². The Morgan fingerprint density at radius 1 is 0.475 bits per heavy atom. The number of para-hydroxylation sites is 2. The largest absolute Gasteiger partial charge is 0.333 e. The molecule has 8 aromatic rings. The minimum Gasteiger partial charge on any atom is -0.333 e. The third-order valence-corrected chi connectivity index (χ3v) is 13.3. The molecular weight excluding hydrogens is 741 g/mol. The highest BCUT2D eigenvalue weighted by Crippen LogP contribution is 2.55. The van der Waals surface area contributed by atoms with Crippen LogP contribution in [0.3, 0.4) is 0 Å². The van der Waals surface area contributed by atoms with Gasteiger partial charge >= 0.3 is 0 Å². The van der Waals surface area contributed by atoms with Gasteiger partial charge in [-0.3, -0.25) is 0 Å². The SMILES string of the molecule is CC12C=C(c3ccc4c(c3)C3c5ccccc5C=CC3N4c3ccccc3)C=CC1N(c1ccc(-c3cc(-c4ccccc4)nc(-c4ccccc4)n3)cc1)c1ccccc12. The molecule has 12 rings (SSSR count). The number of hydrogen-bond donors (Lipinski definition) is 0. The summed E-state index contributed by atoms with van der Waals surface area (Å²) < 4.78 is 0. The third kappa shape index (κ3) is 5.74. The first kappa shape index (κ1) is 35.4. The van der Waals surface area contributed by atoms with Crippen molar-refractivity contribution in [3.05, 3.63) is 240 Å². The van der Waals surface area contributed by atoms with Gasteiger partial charge in [0, 0.05) is 50.8 Å². The van der Waals surface area contributed by atoms with Crippen LogP contribution in [0.4, 0.5) is 22.7 Å². The number of hydrogen-bond acceptors (Lipinski definition) is 4. The minimum atomic E-state index is -0.251. The summed E-state index contributed by atoms with van der Waals surface area (Å²) in [5, 5.41) is 0. The summed E-state index contributed by atoms with van der Waals surface area (Å²) in [6, 6.07) is 67.8. The molecule has 4 aliphatic rings. The maximum atomic E-state index is 5.10. The van der Waals surface area contributed by atoms with Gasteiger partial charge in [0.25, 0.3) is 0 Å². The number of benzene rings is 7. The third-order valence-electron chi connectivity index (χ3n) is 13.3. The van der Waals surface area contributed by atoms with Crippen LogP contribution in [-0.4, -0.2) is 22.1 Å². The summed E-state index contributed by atoms with van der Waals surface area (Å²) in [5.74, 6) is 0.966. The number of aromatic nitrogens is 2. The van der Waals surface area contributed by atoms with E-state index in [0.717, 1.165) is 39.6 Å². The van der Waals surface area contributed by atoms with Crippen molar-refractivity contribution < 1.29 is 0 Å². The van der Waals surface area contributed by atoms with Crippen molar-refractivity contribution in [3.63, 3.8) is 0 Å². The van der Waals surface area contributed by atoms with Crippen LogP contribution in [0.2, 0.25) is 0 Å². The molecule has 0 fully saturated rings. The standard InChI is InChI=1S/C57H42N4/c1-57-37-43(42-28-32-51-47(35-42)55-46-22-12-11-15-38(46)27-33-53(55)60(51)44-20-9-4-10-21-44)29-34-54(57)61(52-24-14-13-23-48(52)57)45-30-25-40(26-31-45)50-36-49(39-16-5-2-6-17-39)58-56(59-50)41-18-7-3-8-19-41/h2-37,53-55H,1H3. The fourth-order valence-electron chi connectivity index (χ4n) is 10.4. The fourth-order valence-corrected chi connectivity index (χ4v) is 10.4. The molecule has 0 spiro atoms. The molecule has 1 aromatic heterocycles. The lowest BCUT2D eigenvalue weighted by Crippen LogP contribution is -2.39. The van der Waals surface area contributed by atoms with Crippen molar-refractivity contribution in [2.24, 2.45) is 0 Å². The predicted octanol–water partition coefficient (Wildman–Crippen LogP) is 13.6. The van der Waals surface area contributed by atoms with Crippen LogP contribution in [0.5, 0.6) is 0 Å². The fraction of sp³-hybridized carbons (Fsp3) is 0.0877. The van der Waals surface area contributed by atoms with Crippen LogP contribution in [0, 0.1) is 0 Å². The van der Waals surface area contributed by atoms with Gasteiger partial charge in [-0.2, -0.15) is 0 Å². The smallest absolute Gasteiger partial charge is 0.160 e. The molecule has 0 bridgehead atoms. The molecule has 61 heavy (non-hydrogen) atoms. The summed E-state index contributed by atoms with van der Waals surface area (Å²) >= 11 is 0. The second-order valence-electron chi connectivity index (χ2n) is 16.7. The van der Waals surface area contributed by atoms with Crippen LogP contribution >= 0.6 is 0 Å². The Morgan fingerprint density at radius 3 is 1.87 bits per heavy atom. The lowest BCUT2D eigenvalue weighted by molar-refractivity contribution is 0.553. The maximum absolute atomic E-state index is 5.10. The van der Waals surface area contributed by atoms with Crippen molar-refractivity contribution in [3.8, 4) is 33.9 Å². The lowest BCUT2D eigenvalue weighted by Gasteiger charge is -2.36. The number of rotatable bonds is 6. The van der Waals surface area contributed by atoms with Crippen LogP contribution < -0.4 is 9.80 Å². The molecule has 4 heteroatoms. The van der Waals surface area contributed by atoms with E-state index in [-0.39, 0.29) is 23.4 Å². The normalized spacial score (nSPS) is 20.3. The Hall–Kier alpha value is -7.56. The van der Waals surface area contributed by atoms with Gasteiger partial charge in [0.2, 0.25) is 0 Å². The molecule has 0 N–H and O–H groups in total. The van der Waals surface area contributed by atoms with E-state index >= 15 is 0 Å². The molecular formula is C57H42N4. The van der Waals surface area contributed by atoms with E-state index in [0.29, 0.717) is 0 Å². The molecule has 0 radical (unpaired) electrons. The summed E-state index contributed by atoms with van der Waals surface area (Å²) in [6.07, 6.45) is 12.0. The van der Waals surface area contributed by atoms with E-state index in [1.54, 1.807) is 0 Å². The van der Waals surface area contributed by atoms with Crippen molar-refractivity contribution in [1.29, 1.82) is 0 Å². The van der Waals surface area contributed by atoms with Crippen molar-refractivity contribution in [1.82, 2.24) is 9.97 Å². The van der Waals surface area contributed by atoms with Gasteiger partial charge in [-0.05, 0) is 88.8 Å². The van der Waals surface area contributed by atoms with Gasteiger partial charge in [-0.15, -0.1) is 0 Å². The Bertz CT molecular complexity index is 3000. The zero-order chi connectivity index (χ0) is 40.5. The molecule has 4 unspecified atom stereocenters. The molecule has 4 atom stereocenters. The van der Waals surface area contributed by atoms with E-state index in [4.69, 9.17) is 9.97 Å². The van der Waals surface area contributed by atoms with E-state index in [2.05, 4.69) is 211 Å². The van der Waals surface area contributed by atoms with E-state index < -0.39 is 0 Å². The van der Waals surface area contributed by atoms with Gasteiger partial charge in [-0.1, -0.05) is 170 Å². The van der Waals surface area contributed by atoms with E-state index in [1.165, 1.54) is 50.5 Å². The van der Waals surface area contributed by atoms with Gasteiger partial charge in [-0.25, -0.2) is 9.97 Å². The molecule has 7 aromatic carbocycles. The molecule has 0 amide bonds. The lowest BCUT2D eigenvalue weighted by atomic mass is 9.73. The average Bonchev–Trinajstić information content (AvgIpc) is 3.81. The van der Waals surface area contributed by atoms with Gasteiger partial charge < -0.3 is 9.80 Å². The van der Waals surface area contributed by atoms with Crippen LogP contribution in [0.1, 0.15) is 40.7 Å². The maximum Gasteiger partial charge on any atom is 0.160 e. The van der Waals surface area contributed by atoms with Crippen molar-refractivity contribution in [2.45, 2.75) is 30.3 Å². The second kappa shape index (κ2) is 14.0. The molecule has 290 valence electrons. The number of fused-ring (bicyclic) bond motifs is 8. The van der Waals surface area contributed by atoms with Crippen LogP contribution in [0.15, 0.2) is 212 Å². The van der Waals surface area contributed by atoms with Crippen molar-refractivity contribution >= 4 is 34.4 Å². The Morgan fingerprint density at radius 2 is 1.10 bits per heavy atom. The molecule has 0 saturated heterocycles. The molecule has 4 nitrogen and oxygen atoms in total. The molecule has 2 aliphatic carbocycles. The summed E-state index contributed by atoms with van der Waals surface area (Å²) in [7, 11) is 0.